The van der Waals surface area contributed by atoms with E-state index in [0.717, 1.165) is 31.5 Å². The topological polar surface area (TPSA) is 75.4 Å². The van der Waals surface area contributed by atoms with Crippen LogP contribution in [0.5, 0.6) is 0 Å². The minimum atomic E-state index is -0.348. The molecule has 0 radical (unpaired) electrons. The number of hydrogen-bond acceptors (Lipinski definition) is 3. The number of nitrogens with two attached hydrogens (primary N) is 1. The van der Waals surface area contributed by atoms with Crippen molar-refractivity contribution in [2.45, 2.75) is 25.3 Å². The molecule has 5 nitrogen and oxygen atoms in total. The van der Waals surface area contributed by atoms with Crippen molar-refractivity contribution < 1.29 is 9.59 Å². The summed E-state index contributed by atoms with van der Waals surface area (Å²) in [6, 6.07) is 18.4. The van der Waals surface area contributed by atoms with Crippen molar-refractivity contribution in [3.8, 4) is 0 Å². The molecule has 1 aliphatic rings. The lowest BCUT2D eigenvalue weighted by atomic mass is 9.96. The molecule has 1 unspecified atom stereocenters. The van der Waals surface area contributed by atoms with Gasteiger partial charge in [0.05, 0.1) is 12.5 Å². The number of nitrogens with zero attached hydrogens (tertiary/aromatic N) is 1. The predicted molar refractivity (Wildman–Crippen MR) is 106 cm³/mol. The monoisotopic (exact) mass is 365 g/mol. The Morgan fingerprint density at radius 2 is 1.59 bits per heavy atom. The molecule has 5 heteroatoms. The molecule has 0 aliphatic carbocycles. The minimum absolute atomic E-state index is 0.0766. The van der Waals surface area contributed by atoms with E-state index in [1.165, 1.54) is 0 Å². The number of carbonyl (C=O) groups excluding carboxylic acids is 2. The zero-order valence-corrected chi connectivity index (χ0v) is 15.5. The molecule has 0 saturated carbocycles. The van der Waals surface area contributed by atoms with E-state index in [1.807, 2.05) is 53.4 Å². The van der Waals surface area contributed by atoms with E-state index in [0.29, 0.717) is 18.0 Å². The highest BCUT2D eigenvalue weighted by molar-refractivity contribution is 5.94. The fourth-order valence-corrected chi connectivity index (χ4v) is 3.49. The third-order valence-corrected chi connectivity index (χ3v) is 5.22. The van der Waals surface area contributed by atoms with Gasteiger partial charge in [-0.2, -0.15) is 0 Å². The van der Waals surface area contributed by atoms with Gasteiger partial charge in [0.2, 0.25) is 5.91 Å². The number of carbonyl (C=O) groups is 2. The van der Waals surface area contributed by atoms with Crippen molar-refractivity contribution >= 4 is 11.8 Å². The van der Waals surface area contributed by atoms with Gasteiger partial charge in [0.25, 0.3) is 5.91 Å². The van der Waals surface area contributed by atoms with Crippen LogP contribution < -0.4 is 11.1 Å². The van der Waals surface area contributed by atoms with Crippen LogP contribution in [0, 0.1) is 5.92 Å². The van der Waals surface area contributed by atoms with E-state index in [1.54, 1.807) is 12.1 Å². The average Bonchev–Trinajstić information content (AvgIpc) is 2.74. The molecule has 1 fully saturated rings. The molecule has 1 aliphatic heterocycles. The van der Waals surface area contributed by atoms with Crippen LogP contribution in [0.25, 0.3) is 0 Å². The molecule has 3 N–H and O–H groups in total. The van der Waals surface area contributed by atoms with Gasteiger partial charge >= 0.3 is 0 Å². The minimum Gasteiger partial charge on any atom is -0.345 e. The third-order valence-electron chi connectivity index (χ3n) is 5.22. The summed E-state index contributed by atoms with van der Waals surface area (Å²) in [7, 11) is 0. The van der Waals surface area contributed by atoms with Gasteiger partial charge in [0.15, 0.2) is 0 Å². The Balaban J connectivity index is 1.69. The van der Waals surface area contributed by atoms with E-state index in [9.17, 15) is 9.59 Å². The SMILES string of the molecule is NCC1CCN(C(=O)CC(NC(=O)c2ccccc2)c2ccccc2)CC1. The second kappa shape index (κ2) is 9.33. The van der Waals surface area contributed by atoms with E-state index in [-0.39, 0.29) is 24.3 Å². The van der Waals surface area contributed by atoms with Crippen LogP contribution in [-0.4, -0.2) is 36.3 Å². The molecule has 3 rings (SSSR count). The highest BCUT2D eigenvalue weighted by Crippen LogP contribution is 2.22. The molecule has 2 aromatic rings. The normalized spacial score (nSPS) is 16.0. The zero-order chi connectivity index (χ0) is 19.1. The summed E-state index contributed by atoms with van der Waals surface area (Å²) in [4.78, 5) is 27.4. The fourth-order valence-electron chi connectivity index (χ4n) is 3.49. The van der Waals surface area contributed by atoms with Crippen LogP contribution in [0.1, 0.15) is 41.2 Å². The molecule has 2 aromatic carbocycles. The van der Waals surface area contributed by atoms with Crippen LogP contribution in [-0.2, 0) is 4.79 Å². The van der Waals surface area contributed by atoms with Gasteiger partial charge in [0, 0.05) is 18.7 Å². The van der Waals surface area contributed by atoms with Gasteiger partial charge in [-0.15, -0.1) is 0 Å². The third kappa shape index (κ3) is 5.17. The van der Waals surface area contributed by atoms with Crippen molar-refractivity contribution in [1.29, 1.82) is 0 Å². The van der Waals surface area contributed by atoms with E-state index < -0.39 is 0 Å². The predicted octanol–water partition coefficient (Wildman–Crippen LogP) is 2.75. The first-order valence-electron chi connectivity index (χ1n) is 9.56. The largest absolute Gasteiger partial charge is 0.345 e. The van der Waals surface area contributed by atoms with Crippen LogP contribution in [0.15, 0.2) is 60.7 Å². The number of hydrogen-bond donors (Lipinski definition) is 2. The van der Waals surface area contributed by atoms with Gasteiger partial charge < -0.3 is 16.0 Å². The second-order valence-corrected chi connectivity index (χ2v) is 7.07. The van der Waals surface area contributed by atoms with Crippen LogP contribution in [0.3, 0.4) is 0 Å². The molecule has 1 heterocycles. The van der Waals surface area contributed by atoms with Gasteiger partial charge in [-0.25, -0.2) is 0 Å². The molecule has 27 heavy (non-hydrogen) atoms. The molecule has 0 bridgehead atoms. The Hall–Kier alpha value is -2.66. The summed E-state index contributed by atoms with van der Waals surface area (Å²) in [5.41, 5.74) is 7.27. The second-order valence-electron chi connectivity index (χ2n) is 7.07. The van der Waals surface area contributed by atoms with E-state index in [4.69, 9.17) is 5.73 Å². The van der Waals surface area contributed by atoms with Crippen molar-refractivity contribution in [3.05, 3.63) is 71.8 Å². The Labute approximate surface area is 160 Å². The van der Waals surface area contributed by atoms with Gasteiger partial charge in [-0.1, -0.05) is 48.5 Å². The summed E-state index contributed by atoms with van der Waals surface area (Å²) < 4.78 is 0. The van der Waals surface area contributed by atoms with Gasteiger partial charge in [0.1, 0.15) is 0 Å². The molecule has 1 saturated heterocycles. The molecule has 0 spiro atoms. The summed E-state index contributed by atoms with van der Waals surface area (Å²) >= 11 is 0. The molecular formula is C22H27N3O2. The highest BCUT2D eigenvalue weighted by atomic mass is 16.2. The average molecular weight is 365 g/mol. The maximum absolute atomic E-state index is 12.8. The van der Waals surface area contributed by atoms with Crippen LogP contribution in [0.4, 0.5) is 0 Å². The Morgan fingerprint density at radius 3 is 2.19 bits per heavy atom. The number of rotatable bonds is 6. The zero-order valence-electron chi connectivity index (χ0n) is 15.5. The van der Waals surface area contributed by atoms with Gasteiger partial charge in [-0.05, 0) is 43.0 Å². The summed E-state index contributed by atoms with van der Waals surface area (Å²) in [6.07, 6.45) is 2.17. The Bertz CT molecular complexity index is 741. The van der Waals surface area contributed by atoms with Crippen molar-refractivity contribution in [2.75, 3.05) is 19.6 Å². The first-order valence-corrected chi connectivity index (χ1v) is 9.56. The van der Waals surface area contributed by atoms with Crippen molar-refractivity contribution in [3.63, 3.8) is 0 Å². The lowest BCUT2D eigenvalue weighted by Gasteiger charge is -2.32. The molecule has 2 amide bonds. The van der Waals surface area contributed by atoms with E-state index in [2.05, 4.69) is 5.32 Å². The lowest BCUT2D eigenvalue weighted by molar-refractivity contribution is -0.133. The fraction of sp³-hybridized carbons (Fsp3) is 0.364. The molecular weight excluding hydrogens is 338 g/mol. The summed E-state index contributed by atoms with van der Waals surface area (Å²) in [5, 5.41) is 3.03. The number of benzene rings is 2. The highest BCUT2D eigenvalue weighted by Gasteiger charge is 2.25. The quantitative estimate of drug-likeness (QED) is 0.826. The summed E-state index contributed by atoms with van der Waals surface area (Å²) in [5.74, 6) is 0.420. The standard InChI is InChI=1S/C22H27N3O2/c23-16-17-11-13-25(14-12-17)21(26)15-20(18-7-3-1-4-8-18)24-22(27)19-9-5-2-6-10-19/h1-10,17,20H,11-16,23H2,(H,24,27). The smallest absolute Gasteiger partial charge is 0.251 e. The van der Waals surface area contributed by atoms with Crippen LogP contribution in [0.2, 0.25) is 0 Å². The maximum atomic E-state index is 12.8. The Kier molecular flexibility index (Phi) is 6.60. The lowest BCUT2D eigenvalue weighted by Crippen LogP contribution is -2.42. The van der Waals surface area contributed by atoms with Gasteiger partial charge in [-0.3, -0.25) is 9.59 Å². The Morgan fingerprint density at radius 1 is 1.00 bits per heavy atom. The van der Waals surface area contributed by atoms with Crippen molar-refractivity contribution in [2.24, 2.45) is 11.7 Å². The van der Waals surface area contributed by atoms with Crippen molar-refractivity contribution in [1.82, 2.24) is 10.2 Å². The molecule has 1 atom stereocenters. The first kappa shape index (κ1) is 19.1. The number of nitrogens with one attached hydrogen (secondary N) is 1. The molecule has 0 aromatic heterocycles. The number of piperidine rings is 1. The maximum Gasteiger partial charge on any atom is 0.251 e. The number of likely N-dealkylation sites (tertiary alicyclic amines) is 1. The number of amides is 2. The first-order chi connectivity index (χ1) is 13.2. The van der Waals surface area contributed by atoms with E-state index >= 15 is 0 Å². The van der Waals surface area contributed by atoms with Crippen LogP contribution >= 0.6 is 0 Å². The molecule has 142 valence electrons. The summed E-state index contributed by atoms with van der Waals surface area (Å²) in [6.45, 7) is 2.17.